The highest BCUT2D eigenvalue weighted by molar-refractivity contribution is 6.05. The molecule has 0 spiro atoms. The number of imide groups is 1. The number of rotatable bonds is 6. The maximum absolute atomic E-state index is 13.4. The van der Waals surface area contributed by atoms with E-state index in [-0.39, 0.29) is 54.3 Å². The third-order valence-electron chi connectivity index (χ3n) is 7.47. The minimum absolute atomic E-state index is 0. The van der Waals surface area contributed by atoms with Gasteiger partial charge in [0.2, 0.25) is 11.8 Å². The summed E-state index contributed by atoms with van der Waals surface area (Å²) < 4.78 is 18.7. The van der Waals surface area contributed by atoms with Crippen LogP contribution in [0.2, 0.25) is 0 Å². The number of hydrogen-bond acceptors (Lipinski definition) is 5. The molecule has 2 aliphatic heterocycles. The molecule has 33 heavy (non-hydrogen) atoms. The van der Waals surface area contributed by atoms with E-state index in [1.807, 2.05) is 0 Å². The molecule has 0 bridgehead atoms. The van der Waals surface area contributed by atoms with Crippen LogP contribution in [0.4, 0.5) is 4.39 Å². The Kier molecular flexibility index (Phi) is 8.76. The highest BCUT2D eigenvalue weighted by Crippen LogP contribution is 2.38. The molecule has 182 valence electrons. The smallest absolute Gasteiger partial charge is 0.233 e. The minimum Gasteiger partial charge on any atom is -0.356 e. The van der Waals surface area contributed by atoms with Crippen molar-refractivity contribution in [1.29, 1.82) is 0 Å². The fourth-order valence-electron chi connectivity index (χ4n) is 5.71. The van der Waals surface area contributed by atoms with Crippen LogP contribution in [-0.4, -0.2) is 52.9 Å². The third kappa shape index (κ3) is 5.20. The second-order valence-electron chi connectivity index (χ2n) is 9.36. The molecule has 2 aromatic rings. The van der Waals surface area contributed by atoms with Crippen LogP contribution in [0.1, 0.15) is 63.0 Å². The number of halogens is 3. The highest BCUT2D eigenvalue weighted by atomic mass is 35.5. The Morgan fingerprint density at radius 1 is 0.939 bits per heavy atom. The second-order valence-corrected chi connectivity index (χ2v) is 9.36. The molecular formula is C24H32Cl2FN3O3. The van der Waals surface area contributed by atoms with Gasteiger partial charge < -0.3 is 9.42 Å². The summed E-state index contributed by atoms with van der Waals surface area (Å²) >= 11 is 0. The van der Waals surface area contributed by atoms with Crippen LogP contribution in [0.3, 0.4) is 0 Å². The predicted molar refractivity (Wildman–Crippen MR) is 128 cm³/mol. The number of piperidine rings is 1. The number of unbranched alkanes of at least 4 members (excludes halogenated alkanes) is 1. The Bertz CT molecular complexity index is 953. The molecule has 1 saturated carbocycles. The summed E-state index contributed by atoms with van der Waals surface area (Å²) in [4.78, 5) is 29.1. The summed E-state index contributed by atoms with van der Waals surface area (Å²) in [7, 11) is 0. The quantitative estimate of drug-likeness (QED) is 0.415. The maximum atomic E-state index is 13.4. The van der Waals surface area contributed by atoms with Gasteiger partial charge in [-0.15, -0.1) is 24.8 Å². The first-order valence-electron chi connectivity index (χ1n) is 11.7. The molecule has 9 heteroatoms. The summed E-state index contributed by atoms with van der Waals surface area (Å²) in [6, 6.07) is 4.62. The van der Waals surface area contributed by atoms with E-state index in [2.05, 4.69) is 10.1 Å². The van der Waals surface area contributed by atoms with E-state index in [0.717, 1.165) is 82.1 Å². The van der Waals surface area contributed by atoms with Crippen molar-refractivity contribution in [2.75, 3.05) is 26.2 Å². The SMILES string of the molecule is Cl.Cl.O=C1[C@H]2CCCC[C@H]2C(=O)N1CCCCN1CCC(c2noc3cc(F)ccc23)CC1. The van der Waals surface area contributed by atoms with E-state index in [1.165, 1.54) is 12.1 Å². The minimum atomic E-state index is -0.305. The van der Waals surface area contributed by atoms with Gasteiger partial charge in [0.15, 0.2) is 5.58 Å². The topological polar surface area (TPSA) is 66.7 Å². The number of amides is 2. The summed E-state index contributed by atoms with van der Waals surface area (Å²) in [6.45, 7) is 3.54. The fraction of sp³-hybridized carbons (Fsp3) is 0.625. The normalized spacial score (nSPS) is 24.0. The number of carbonyl (C=O) groups is 2. The van der Waals surface area contributed by atoms with Crippen LogP contribution in [-0.2, 0) is 9.59 Å². The van der Waals surface area contributed by atoms with E-state index in [0.29, 0.717) is 18.0 Å². The zero-order valence-electron chi connectivity index (χ0n) is 18.7. The Labute approximate surface area is 206 Å². The number of benzene rings is 1. The zero-order chi connectivity index (χ0) is 21.4. The average Bonchev–Trinajstić information content (AvgIpc) is 3.31. The van der Waals surface area contributed by atoms with E-state index in [9.17, 15) is 14.0 Å². The Hall–Kier alpha value is -1.70. The largest absolute Gasteiger partial charge is 0.356 e. The molecule has 1 aromatic heterocycles. The monoisotopic (exact) mass is 499 g/mol. The summed E-state index contributed by atoms with van der Waals surface area (Å²) in [6.07, 6.45) is 7.79. The van der Waals surface area contributed by atoms with Gasteiger partial charge in [-0.05, 0) is 70.3 Å². The van der Waals surface area contributed by atoms with Gasteiger partial charge in [0.05, 0.1) is 17.5 Å². The Balaban J connectivity index is 0.00000153. The van der Waals surface area contributed by atoms with Gasteiger partial charge in [-0.2, -0.15) is 0 Å². The van der Waals surface area contributed by atoms with Gasteiger partial charge in [0.1, 0.15) is 5.82 Å². The average molecular weight is 500 g/mol. The van der Waals surface area contributed by atoms with Crippen LogP contribution in [0.25, 0.3) is 11.0 Å². The lowest BCUT2D eigenvalue weighted by molar-refractivity contribution is -0.140. The van der Waals surface area contributed by atoms with Crippen LogP contribution in [0.15, 0.2) is 22.7 Å². The molecule has 1 aliphatic carbocycles. The van der Waals surface area contributed by atoms with Gasteiger partial charge in [0.25, 0.3) is 0 Å². The van der Waals surface area contributed by atoms with Crippen molar-refractivity contribution in [3.8, 4) is 0 Å². The number of hydrogen-bond donors (Lipinski definition) is 0. The number of nitrogens with zero attached hydrogens (tertiary/aromatic N) is 3. The molecule has 3 aliphatic rings. The maximum Gasteiger partial charge on any atom is 0.233 e. The van der Waals surface area contributed by atoms with E-state index < -0.39 is 0 Å². The third-order valence-corrected chi connectivity index (χ3v) is 7.47. The molecule has 2 saturated heterocycles. The Morgan fingerprint density at radius 3 is 2.24 bits per heavy atom. The molecule has 1 aromatic carbocycles. The molecule has 5 rings (SSSR count). The number of carbonyl (C=O) groups excluding carboxylic acids is 2. The van der Waals surface area contributed by atoms with Crippen molar-refractivity contribution in [3.05, 3.63) is 29.7 Å². The van der Waals surface area contributed by atoms with E-state index in [4.69, 9.17) is 4.52 Å². The van der Waals surface area contributed by atoms with E-state index in [1.54, 1.807) is 11.0 Å². The van der Waals surface area contributed by atoms with Crippen LogP contribution < -0.4 is 0 Å². The predicted octanol–water partition coefficient (Wildman–Crippen LogP) is 4.95. The lowest BCUT2D eigenvalue weighted by Crippen LogP contribution is -2.35. The number of fused-ring (bicyclic) bond motifs is 2. The summed E-state index contributed by atoms with van der Waals surface area (Å²) in [5.74, 6) is 0.117. The molecule has 0 N–H and O–H groups in total. The number of aromatic nitrogens is 1. The standard InChI is InChI=1S/C24H30FN3O3.2ClH/c25-17-7-8-20-21(15-17)31-26-22(20)16-9-13-27(14-10-16)11-3-4-12-28-23(29)18-5-1-2-6-19(18)24(28)30;;/h7-8,15-16,18-19H,1-6,9-14H2;2*1H/t18-,19+;;. The molecule has 0 unspecified atom stereocenters. The van der Waals surface area contributed by atoms with Crippen LogP contribution in [0, 0.1) is 17.7 Å². The lowest BCUT2D eigenvalue weighted by atomic mass is 9.81. The van der Waals surface area contributed by atoms with Gasteiger partial charge in [-0.1, -0.05) is 18.0 Å². The van der Waals surface area contributed by atoms with Crippen LogP contribution >= 0.6 is 24.8 Å². The summed E-state index contributed by atoms with van der Waals surface area (Å²) in [5, 5.41) is 5.14. The van der Waals surface area contributed by atoms with Gasteiger partial charge in [0, 0.05) is 23.9 Å². The van der Waals surface area contributed by atoms with Crippen LogP contribution in [0.5, 0.6) is 0 Å². The molecule has 2 amide bonds. The fourth-order valence-corrected chi connectivity index (χ4v) is 5.71. The van der Waals surface area contributed by atoms with Crippen molar-refractivity contribution >= 4 is 47.6 Å². The molecule has 2 atom stereocenters. The van der Waals surface area contributed by atoms with Crippen molar-refractivity contribution < 1.29 is 18.5 Å². The van der Waals surface area contributed by atoms with Crippen molar-refractivity contribution in [1.82, 2.24) is 15.0 Å². The zero-order valence-corrected chi connectivity index (χ0v) is 20.3. The first-order valence-corrected chi connectivity index (χ1v) is 11.7. The highest BCUT2D eigenvalue weighted by Gasteiger charge is 2.47. The Morgan fingerprint density at radius 2 is 1.58 bits per heavy atom. The van der Waals surface area contributed by atoms with Crippen molar-refractivity contribution in [3.63, 3.8) is 0 Å². The lowest BCUT2D eigenvalue weighted by Gasteiger charge is -2.31. The molecule has 3 fully saturated rings. The van der Waals surface area contributed by atoms with Gasteiger partial charge in [-0.3, -0.25) is 14.5 Å². The molecule has 6 nitrogen and oxygen atoms in total. The molecular weight excluding hydrogens is 468 g/mol. The van der Waals surface area contributed by atoms with Crippen molar-refractivity contribution in [2.24, 2.45) is 11.8 Å². The molecule has 3 heterocycles. The van der Waals surface area contributed by atoms with Gasteiger partial charge in [-0.25, -0.2) is 4.39 Å². The second kappa shape index (κ2) is 11.2. The first-order chi connectivity index (χ1) is 15.1. The number of likely N-dealkylation sites (tertiary alicyclic amines) is 2. The van der Waals surface area contributed by atoms with Crippen molar-refractivity contribution in [2.45, 2.75) is 57.3 Å². The molecule has 0 radical (unpaired) electrons. The van der Waals surface area contributed by atoms with Gasteiger partial charge >= 0.3 is 0 Å². The first kappa shape index (κ1) is 25.9. The van der Waals surface area contributed by atoms with E-state index >= 15 is 0 Å². The summed E-state index contributed by atoms with van der Waals surface area (Å²) in [5.41, 5.74) is 1.46.